The Kier molecular flexibility index (Phi) is 3.95. The van der Waals surface area contributed by atoms with E-state index >= 15 is 0 Å². The van der Waals surface area contributed by atoms with Crippen LogP contribution in [0.15, 0.2) is 49.1 Å². The molecule has 0 aliphatic carbocycles. The molecule has 0 amide bonds. The average molecular weight is 316 g/mol. The standard InChI is InChI=1S/C14H11F3O3S/c1-2-5-11-9-8-10-6-3-4-7-12(10)13(11)20-21(18,19)14(15,16)17/h2-4,6-9H,1,5H2. The second-order valence-corrected chi connectivity index (χ2v) is 5.79. The van der Waals surface area contributed by atoms with Gasteiger partial charge in [0.2, 0.25) is 0 Å². The first-order valence-electron chi connectivity index (χ1n) is 5.88. The second kappa shape index (κ2) is 5.40. The molecule has 0 aliphatic heterocycles. The molecule has 0 radical (unpaired) electrons. The van der Waals surface area contributed by atoms with Crippen molar-refractivity contribution in [2.24, 2.45) is 0 Å². The van der Waals surface area contributed by atoms with Crippen LogP contribution in [0.3, 0.4) is 0 Å². The molecule has 112 valence electrons. The van der Waals surface area contributed by atoms with Crippen molar-refractivity contribution in [1.29, 1.82) is 0 Å². The van der Waals surface area contributed by atoms with E-state index in [9.17, 15) is 21.6 Å². The average Bonchev–Trinajstić information content (AvgIpc) is 2.40. The maximum atomic E-state index is 12.5. The van der Waals surface area contributed by atoms with Crippen molar-refractivity contribution in [3.05, 3.63) is 54.6 Å². The summed E-state index contributed by atoms with van der Waals surface area (Å²) in [7, 11) is -5.72. The molecule has 3 nitrogen and oxygen atoms in total. The van der Waals surface area contributed by atoms with E-state index in [1.807, 2.05) is 0 Å². The molecule has 2 aromatic carbocycles. The zero-order valence-electron chi connectivity index (χ0n) is 10.7. The first-order valence-corrected chi connectivity index (χ1v) is 7.29. The van der Waals surface area contributed by atoms with Crippen molar-refractivity contribution in [3.8, 4) is 5.75 Å². The van der Waals surface area contributed by atoms with Gasteiger partial charge in [0.05, 0.1) is 0 Å². The number of fused-ring (bicyclic) bond motifs is 1. The summed E-state index contributed by atoms with van der Waals surface area (Å²) in [5.74, 6) is -0.315. The van der Waals surface area contributed by atoms with Crippen LogP contribution in [0.25, 0.3) is 10.8 Å². The summed E-state index contributed by atoms with van der Waals surface area (Å²) in [6, 6.07) is 9.64. The van der Waals surface area contributed by atoms with Gasteiger partial charge in [-0.2, -0.15) is 21.6 Å². The maximum absolute atomic E-state index is 12.5. The van der Waals surface area contributed by atoms with Gasteiger partial charge in [0.1, 0.15) is 0 Å². The van der Waals surface area contributed by atoms with Crippen molar-refractivity contribution < 1.29 is 25.8 Å². The number of alkyl halides is 3. The Balaban J connectivity index is 2.65. The number of hydrogen-bond donors (Lipinski definition) is 0. The Morgan fingerprint density at radius 1 is 1.14 bits per heavy atom. The van der Waals surface area contributed by atoms with E-state index in [0.29, 0.717) is 16.3 Å². The van der Waals surface area contributed by atoms with Gasteiger partial charge < -0.3 is 4.18 Å². The molecule has 0 aromatic heterocycles. The Hall–Kier alpha value is -2.02. The van der Waals surface area contributed by atoms with E-state index in [0.717, 1.165) is 0 Å². The molecule has 0 saturated heterocycles. The highest BCUT2D eigenvalue weighted by molar-refractivity contribution is 7.88. The molecule has 0 unspecified atom stereocenters. The van der Waals surface area contributed by atoms with Gasteiger partial charge in [-0.15, -0.1) is 6.58 Å². The summed E-state index contributed by atoms with van der Waals surface area (Å²) < 4.78 is 64.4. The molecule has 21 heavy (non-hydrogen) atoms. The highest BCUT2D eigenvalue weighted by atomic mass is 32.2. The van der Waals surface area contributed by atoms with Crippen LogP contribution >= 0.6 is 0 Å². The molecule has 0 spiro atoms. The number of benzene rings is 2. The Labute approximate surface area is 119 Å². The molecular formula is C14H11F3O3S. The van der Waals surface area contributed by atoms with E-state index < -0.39 is 15.6 Å². The molecule has 2 rings (SSSR count). The fraction of sp³-hybridized carbons (Fsp3) is 0.143. The molecule has 2 aromatic rings. The van der Waals surface area contributed by atoms with Gasteiger partial charge >= 0.3 is 15.6 Å². The summed E-state index contributed by atoms with van der Waals surface area (Å²) in [5.41, 5.74) is -5.16. The van der Waals surface area contributed by atoms with Crippen molar-refractivity contribution in [2.45, 2.75) is 11.9 Å². The normalized spacial score (nSPS) is 12.3. The predicted octanol–water partition coefficient (Wildman–Crippen LogP) is 3.80. The Bertz CT molecular complexity index is 780. The molecule has 7 heteroatoms. The van der Waals surface area contributed by atoms with Gasteiger partial charge in [-0.25, -0.2) is 0 Å². The van der Waals surface area contributed by atoms with Crippen molar-refractivity contribution in [3.63, 3.8) is 0 Å². The second-order valence-electron chi connectivity index (χ2n) is 4.25. The van der Waals surface area contributed by atoms with Gasteiger partial charge in [0, 0.05) is 10.9 Å². The molecular weight excluding hydrogens is 305 g/mol. The van der Waals surface area contributed by atoms with E-state index in [1.54, 1.807) is 24.3 Å². The van der Waals surface area contributed by atoms with E-state index in [2.05, 4.69) is 10.8 Å². The molecule has 0 fully saturated rings. The lowest BCUT2D eigenvalue weighted by Crippen LogP contribution is -2.28. The minimum Gasteiger partial charge on any atom is -0.375 e. The fourth-order valence-corrected chi connectivity index (χ4v) is 2.37. The Morgan fingerprint density at radius 2 is 1.81 bits per heavy atom. The van der Waals surface area contributed by atoms with Crippen molar-refractivity contribution in [2.75, 3.05) is 0 Å². The van der Waals surface area contributed by atoms with Crippen molar-refractivity contribution in [1.82, 2.24) is 0 Å². The van der Waals surface area contributed by atoms with Gasteiger partial charge in [-0.3, -0.25) is 0 Å². The molecule has 0 atom stereocenters. The molecule has 0 bridgehead atoms. The predicted molar refractivity (Wildman–Crippen MR) is 73.5 cm³/mol. The number of halogens is 3. The monoisotopic (exact) mass is 316 g/mol. The first-order chi connectivity index (χ1) is 9.76. The minimum atomic E-state index is -5.72. The van der Waals surface area contributed by atoms with Crippen LogP contribution in [0, 0.1) is 0 Å². The summed E-state index contributed by atoms with van der Waals surface area (Å²) in [4.78, 5) is 0. The van der Waals surface area contributed by atoms with Gasteiger partial charge in [-0.1, -0.05) is 42.5 Å². The molecule has 0 aliphatic rings. The highest BCUT2D eigenvalue weighted by Crippen LogP contribution is 2.35. The Morgan fingerprint density at radius 3 is 2.43 bits per heavy atom. The third kappa shape index (κ3) is 3.02. The third-order valence-corrected chi connectivity index (χ3v) is 3.75. The third-order valence-electron chi connectivity index (χ3n) is 2.80. The zero-order valence-corrected chi connectivity index (χ0v) is 11.5. The van der Waals surface area contributed by atoms with Crippen molar-refractivity contribution >= 4 is 20.9 Å². The lowest BCUT2D eigenvalue weighted by molar-refractivity contribution is -0.0499. The van der Waals surface area contributed by atoms with Crippen LogP contribution in [0.4, 0.5) is 13.2 Å². The zero-order chi connectivity index (χ0) is 15.7. The lowest BCUT2D eigenvalue weighted by Gasteiger charge is -2.14. The summed E-state index contributed by atoms with van der Waals surface area (Å²) in [6.45, 7) is 3.50. The van der Waals surface area contributed by atoms with Crippen LogP contribution in [0.2, 0.25) is 0 Å². The smallest absolute Gasteiger partial charge is 0.375 e. The van der Waals surface area contributed by atoms with Gasteiger partial charge in [-0.05, 0) is 11.8 Å². The van der Waals surface area contributed by atoms with E-state index in [1.165, 1.54) is 18.2 Å². The quantitative estimate of drug-likeness (QED) is 0.489. The first kappa shape index (κ1) is 15.4. The van der Waals surface area contributed by atoms with E-state index in [-0.39, 0.29) is 12.2 Å². The number of allylic oxidation sites excluding steroid dienone is 1. The fourth-order valence-electron chi connectivity index (χ4n) is 1.86. The summed E-state index contributed by atoms with van der Waals surface area (Å²) in [5, 5.41) is 0.877. The summed E-state index contributed by atoms with van der Waals surface area (Å²) >= 11 is 0. The van der Waals surface area contributed by atoms with E-state index in [4.69, 9.17) is 0 Å². The topological polar surface area (TPSA) is 43.4 Å². The van der Waals surface area contributed by atoms with Crippen LogP contribution in [-0.2, 0) is 16.5 Å². The van der Waals surface area contributed by atoms with Crippen LogP contribution in [-0.4, -0.2) is 13.9 Å². The highest BCUT2D eigenvalue weighted by Gasteiger charge is 2.49. The summed E-state index contributed by atoms with van der Waals surface area (Å²) in [6.07, 6.45) is 1.64. The van der Waals surface area contributed by atoms with Crippen LogP contribution in [0.1, 0.15) is 5.56 Å². The minimum absolute atomic E-state index is 0.188. The van der Waals surface area contributed by atoms with Gasteiger partial charge in [0.25, 0.3) is 0 Å². The van der Waals surface area contributed by atoms with Crippen LogP contribution in [0.5, 0.6) is 5.75 Å². The number of rotatable bonds is 4. The lowest BCUT2D eigenvalue weighted by atomic mass is 10.0. The van der Waals surface area contributed by atoms with Gasteiger partial charge in [0.15, 0.2) is 5.75 Å². The largest absolute Gasteiger partial charge is 0.534 e. The van der Waals surface area contributed by atoms with Crippen LogP contribution < -0.4 is 4.18 Å². The SMILES string of the molecule is C=CCc1ccc2ccccc2c1OS(=O)(=O)C(F)(F)F. The maximum Gasteiger partial charge on any atom is 0.534 e. The molecule has 0 heterocycles. The molecule has 0 N–H and O–H groups in total. The molecule has 0 saturated carbocycles. The number of hydrogen-bond acceptors (Lipinski definition) is 3.